The number of sulfonamides is 1. The van der Waals surface area contributed by atoms with Gasteiger partial charge in [-0.15, -0.1) is 0 Å². The van der Waals surface area contributed by atoms with Gasteiger partial charge in [0.2, 0.25) is 10.0 Å². The van der Waals surface area contributed by atoms with E-state index in [0.29, 0.717) is 12.0 Å². The molecule has 2 N–H and O–H groups in total. The molecule has 1 aliphatic rings. The fourth-order valence-corrected chi connectivity index (χ4v) is 4.58. The molecular weight excluding hydrogens is 337 g/mol. The molecule has 0 saturated heterocycles. The molecule has 21 heavy (non-hydrogen) atoms. The van der Waals surface area contributed by atoms with Gasteiger partial charge in [0.25, 0.3) is 0 Å². The van der Waals surface area contributed by atoms with Crippen LogP contribution in [0.25, 0.3) is 0 Å². The van der Waals surface area contributed by atoms with E-state index >= 15 is 0 Å². The highest BCUT2D eigenvalue weighted by molar-refractivity contribution is 7.89. The standard InChI is InChI=1S/C13H17Cl2NO4S/c1-20-10-3-2-9(5-10)16-21(18,19)13-4-8(7-17)11(14)6-12(13)15/h4,6,9-10,16-17H,2-3,5,7H2,1H3. The monoisotopic (exact) mass is 353 g/mol. The van der Waals surface area contributed by atoms with Gasteiger partial charge in [0.15, 0.2) is 0 Å². The highest BCUT2D eigenvalue weighted by Gasteiger charge is 2.30. The molecule has 1 fully saturated rings. The van der Waals surface area contributed by atoms with Gasteiger partial charge in [0.1, 0.15) is 4.90 Å². The highest BCUT2D eigenvalue weighted by Crippen LogP contribution is 2.30. The van der Waals surface area contributed by atoms with Gasteiger partial charge in [0, 0.05) is 18.2 Å². The molecule has 0 aliphatic heterocycles. The number of benzene rings is 1. The van der Waals surface area contributed by atoms with Crippen molar-refractivity contribution in [3.05, 3.63) is 27.7 Å². The van der Waals surface area contributed by atoms with E-state index in [0.717, 1.165) is 12.8 Å². The molecule has 1 saturated carbocycles. The number of halogens is 2. The van der Waals surface area contributed by atoms with E-state index in [4.69, 9.17) is 27.9 Å². The number of rotatable bonds is 5. The number of hydrogen-bond donors (Lipinski definition) is 2. The van der Waals surface area contributed by atoms with Gasteiger partial charge in [0.05, 0.1) is 17.7 Å². The van der Waals surface area contributed by atoms with Crippen molar-refractivity contribution < 1.29 is 18.3 Å². The first kappa shape index (κ1) is 17.0. The van der Waals surface area contributed by atoms with Crippen LogP contribution in [-0.2, 0) is 21.4 Å². The Morgan fingerprint density at radius 2 is 2.05 bits per heavy atom. The van der Waals surface area contributed by atoms with Gasteiger partial charge >= 0.3 is 0 Å². The predicted octanol–water partition coefficient (Wildman–Crippen LogP) is 2.33. The zero-order valence-corrected chi connectivity index (χ0v) is 13.8. The molecule has 0 radical (unpaired) electrons. The molecule has 2 rings (SSSR count). The van der Waals surface area contributed by atoms with E-state index < -0.39 is 10.0 Å². The second-order valence-electron chi connectivity index (χ2n) is 5.02. The summed E-state index contributed by atoms with van der Waals surface area (Å²) in [6.07, 6.45) is 2.25. The van der Waals surface area contributed by atoms with E-state index in [-0.39, 0.29) is 33.7 Å². The predicted molar refractivity (Wildman–Crippen MR) is 81.1 cm³/mol. The zero-order valence-electron chi connectivity index (χ0n) is 11.5. The lowest BCUT2D eigenvalue weighted by atomic mass is 10.2. The molecule has 0 heterocycles. The van der Waals surface area contributed by atoms with Gasteiger partial charge in [-0.1, -0.05) is 23.2 Å². The average Bonchev–Trinajstić information content (AvgIpc) is 2.85. The van der Waals surface area contributed by atoms with E-state index in [1.54, 1.807) is 7.11 Å². The minimum atomic E-state index is -3.76. The maximum Gasteiger partial charge on any atom is 0.242 e. The summed E-state index contributed by atoms with van der Waals surface area (Å²) < 4.78 is 32.7. The van der Waals surface area contributed by atoms with Crippen LogP contribution >= 0.6 is 23.2 Å². The van der Waals surface area contributed by atoms with E-state index in [9.17, 15) is 13.5 Å². The lowest BCUT2D eigenvalue weighted by Gasteiger charge is -2.15. The van der Waals surface area contributed by atoms with Crippen molar-refractivity contribution in [3.8, 4) is 0 Å². The van der Waals surface area contributed by atoms with Crippen LogP contribution in [0.1, 0.15) is 24.8 Å². The smallest absolute Gasteiger partial charge is 0.242 e. The molecule has 0 amide bonds. The highest BCUT2D eigenvalue weighted by atomic mass is 35.5. The molecule has 5 nitrogen and oxygen atoms in total. The first-order valence-corrected chi connectivity index (χ1v) is 8.75. The molecule has 1 aliphatic carbocycles. The first-order valence-electron chi connectivity index (χ1n) is 6.51. The molecule has 0 aromatic heterocycles. The molecule has 0 bridgehead atoms. The van der Waals surface area contributed by atoms with Crippen molar-refractivity contribution in [1.29, 1.82) is 0 Å². The fourth-order valence-electron chi connectivity index (χ4n) is 2.44. The summed E-state index contributed by atoms with van der Waals surface area (Å²) in [6, 6.07) is 2.45. The van der Waals surface area contributed by atoms with Gasteiger partial charge in [-0.05, 0) is 37.0 Å². The SMILES string of the molecule is COC1CCC(NS(=O)(=O)c2cc(CO)c(Cl)cc2Cl)C1. The Hall–Kier alpha value is -0.370. The number of hydrogen-bond acceptors (Lipinski definition) is 4. The molecule has 0 spiro atoms. The summed E-state index contributed by atoms with van der Waals surface area (Å²) in [5.74, 6) is 0. The number of methoxy groups -OCH3 is 1. The van der Waals surface area contributed by atoms with Crippen LogP contribution in [0.15, 0.2) is 17.0 Å². The van der Waals surface area contributed by atoms with Crippen molar-refractivity contribution in [3.63, 3.8) is 0 Å². The topological polar surface area (TPSA) is 75.6 Å². The van der Waals surface area contributed by atoms with Crippen molar-refractivity contribution in [2.24, 2.45) is 0 Å². The number of aliphatic hydroxyl groups excluding tert-OH is 1. The third-order valence-corrected chi connectivity index (χ3v) is 5.94. The Morgan fingerprint density at radius 1 is 1.33 bits per heavy atom. The fraction of sp³-hybridized carbons (Fsp3) is 0.538. The summed E-state index contributed by atoms with van der Waals surface area (Å²) in [7, 11) is -2.15. The van der Waals surface area contributed by atoms with Gasteiger partial charge in [-0.3, -0.25) is 0 Å². The minimum absolute atomic E-state index is 0.0333. The second kappa shape index (κ2) is 6.81. The largest absolute Gasteiger partial charge is 0.392 e. The maximum atomic E-state index is 12.4. The van der Waals surface area contributed by atoms with Crippen LogP contribution in [0, 0.1) is 0 Å². The summed E-state index contributed by atoms with van der Waals surface area (Å²) in [4.78, 5) is -0.0708. The Bertz CT molecular complexity index is 621. The summed E-state index contributed by atoms with van der Waals surface area (Å²) in [6.45, 7) is -0.353. The molecule has 118 valence electrons. The van der Waals surface area contributed by atoms with Crippen molar-refractivity contribution >= 4 is 33.2 Å². The Labute approximate surface area is 134 Å². The second-order valence-corrected chi connectivity index (χ2v) is 7.52. The number of aliphatic hydroxyl groups is 1. The Morgan fingerprint density at radius 3 is 2.62 bits per heavy atom. The van der Waals surface area contributed by atoms with Crippen LogP contribution in [0.3, 0.4) is 0 Å². The molecule has 2 atom stereocenters. The Balaban J connectivity index is 2.24. The average molecular weight is 354 g/mol. The normalized spacial score (nSPS) is 22.7. The molecule has 1 aromatic rings. The first-order chi connectivity index (χ1) is 9.87. The van der Waals surface area contributed by atoms with Crippen LogP contribution < -0.4 is 4.72 Å². The van der Waals surface area contributed by atoms with Gasteiger partial charge in [-0.25, -0.2) is 13.1 Å². The Kier molecular flexibility index (Phi) is 5.51. The van der Waals surface area contributed by atoms with Crippen molar-refractivity contribution in [2.45, 2.75) is 42.9 Å². The van der Waals surface area contributed by atoms with Crippen LogP contribution in [0.2, 0.25) is 10.0 Å². The third-order valence-electron chi connectivity index (χ3n) is 3.60. The van der Waals surface area contributed by atoms with E-state index in [1.807, 2.05) is 0 Å². The number of nitrogens with one attached hydrogen (secondary N) is 1. The van der Waals surface area contributed by atoms with Crippen molar-refractivity contribution in [2.75, 3.05) is 7.11 Å². The van der Waals surface area contributed by atoms with Crippen LogP contribution in [0.5, 0.6) is 0 Å². The van der Waals surface area contributed by atoms with Gasteiger partial charge < -0.3 is 9.84 Å². The summed E-state index contributed by atoms with van der Waals surface area (Å²) in [5, 5.41) is 9.46. The zero-order chi connectivity index (χ0) is 15.6. The third kappa shape index (κ3) is 3.88. The van der Waals surface area contributed by atoms with Crippen molar-refractivity contribution in [1.82, 2.24) is 4.72 Å². The summed E-state index contributed by atoms with van der Waals surface area (Å²) in [5.41, 5.74) is 0.322. The summed E-state index contributed by atoms with van der Waals surface area (Å²) >= 11 is 11.9. The van der Waals surface area contributed by atoms with Crippen LogP contribution in [-0.4, -0.2) is 32.8 Å². The lowest BCUT2D eigenvalue weighted by molar-refractivity contribution is 0.107. The molecule has 2 unspecified atom stereocenters. The number of ether oxygens (including phenoxy) is 1. The maximum absolute atomic E-state index is 12.4. The van der Waals surface area contributed by atoms with Gasteiger partial charge in [-0.2, -0.15) is 0 Å². The van der Waals surface area contributed by atoms with Crippen LogP contribution in [0.4, 0.5) is 0 Å². The molecular formula is C13H17Cl2NO4S. The van der Waals surface area contributed by atoms with E-state index in [1.165, 1.54) is 12.1 Å². The quantitative estimate of drug-likeness (QED) is 0.851. The molecule has 1 aromatic carbocycles. The minimum Gasteiger partial charge on any atom is -0.392 e. The lowest BCUT2D eigenvalue weighted by Crippen LogP contribution is -2.33. The molecule has 8 heteroatoms. The van der Waals surface area contributed by atoms with E-state index in [2.05, 4.69) is 4.72 Å².